The van der Waals surface area contributed by atoms with E-state index in [1.54, 1.807) is 0 Å². The standard InChI is InChI=1S/C23H33N3O3S/c1-18-8-10-20(11-9-18)23-25-21(19(2)29-23)16-30(28)17-22(27)24-12-7-15-26-13-5-3-4-6-14-26/h8-11H,3-7,12-17H2,1-2H3,(H,24,27)/t30-/m0/s1. The minimum atomic E-state index is -1.32. The zero-order chi connectivity index (χ0) is 21.3. The van der Waals surface area contributed by atoms with E-state index in [0.717, 1.165) is 18.5 Å². The van der Waals surface area contributed by atoms with Crippen molar-refractivity contribution in [1.29, 1.82) is 0 Å². The molecule has 0 saturated carbocycles. The normalized spacial score (nSPS) is 16.2. The van der Waals surface area contributed by atoms with Gasteiger partial charge in [0.2, 0.25) is 11.8 Å². The smallest absolute Gasteiger partial charge is 0.232 e. The summed E-state index contributed by atoms with van der Waals surface area (Å²) in [5.74, 6) is 1.23. The molecule has 2 aromatic rings. The fourth-order valence-electron chi connectivity index (χ4n) is 3.67. The predicted octanol–water partition coefficient (Wildman–Crippen LogP) is 3.59. The highest BCUT2D eigenvalue weighted by Crippen LogP contribution is 2.22. The first-order valence-electron chi connectivity index (χ1n) is 10.9. The molecular weight excluding hydrogens is 398 g/mol. The second-order valence-electron chi connectivity index (χ2n) is 8.08. The minimum absolute atomic E-state index is 0.00409. The maximum absolute atomic E-state index is 12.4. The number of likely N-dealkylation sites (tertiary alicyclic amines) is 1. The van der Waals surface area contributed by atoms with Crippen LogP contribution in [-0.4, -0.2) is 51.9 Å². The second-order valence-corrected chi connectivity index (χ2v) is 9.53. The van der Waals surface area contributed by atoms with E-state index in [-0.39, 0.29) is 17.4 Å². The van der Waals surface area contributed by atoms with Crippen LogP contribution in [0.1, 0.15) is 49.1 Å². The summed E-state index contributed by atoms with van der Waals surface area (Å²) in [7, 11) is -1.32. The van der Waals surface area contributed by atoms with Crippen molar-refractivity contribution in [3.05, 3.63) is 41.3 Å². The Morgan fingerprint density at radius 2 is 1.83 bits per heavy atom. The Labute approximate surface area is 181 Å². The van der Waals surface area contributed by atoms with Gasteiger partial charge in [0.25, 0.3) is 0 Å². The van der Waals surface area contributed by atoms with Crippen LogP contribution >= 0.6 is 0 Å². The highest BCUT2D eigenvalue weighted by Gasteiger charge is 2.16. The molecule has 1 saturated heterocycles. The zero-order valence-electron chi connectivity index (χ0n) is 18.1. The third kappa shape index (κ3) is 7.06. The summed E-state index contributed by atoms with van der Waals surface area (Å²) in [4.78, 5) is 19.1. The van der Waals surface area contributed by atoms with E-state index < -0.39 is 10.8 Å². The maximum atomic E-state index is 12.4. The van der Waals surface area contributed by atoms with E-state index in [1.807, 2.05) is 38.1 Å². The highest BCUT2D eigenvalue weighted by atomic mass is 32.2. The van der Waals surface area contributed by atoms with Crippen molar-refractivity contribution >= 4 is 16.7 Å². The van der Waals surface area contributed by atoms with Gasteiger partial charge in [-0.05, 0) is 64.9 Å². The van der Waals surface area contributed by atoms with Crippen LogP contribution in [-0.2, 0) is 21.3 Å². The van der Waals surface area contributed by atoms with Gasteiger partial charge in [0, 0.05) is 22.9 Å². The third-order valence-electron chi connectivity index (χ3n) is 5.45. The third-order valence-corrected chi connectivity index (χ3v) is 6.63. The van der Waals surface area contributed by atoms with Crippen molar-refractivity contribution in [2.75, 3.05) is 31.9 Å². The number of oxazole rings is 1. The van der Waals surface area contributed by atoms with Gasteiger partial charge in [-0.25, -0.2) is 4.98 Å². The van der Waals surface area contributed by atoms with Crippen molar-refractivity contribution < 1.29 is 13.4 Å². The zero-order valence-corrected chi connectivity index (χ0v) is 18.9. The molecule has 164 valence electrons. The van der Waals surface area contributed by atoms with Gasteiger partial charge in [0.15, 0.2) is 0 Å². The second kappa shape index (κ2) is 11.4. The minimum Gasteiger partial charge on any atom is -0.441 e. The van der Waals surface area contributed by atoms with Gasteiger partial charge >= 0.3 is 0 Å². The largest absolute Gasteiger partial charge is 0.441 e. The summed E-state index contributed by atoms with van der Waals surface area (Å²) in [6, 6.07) is 7.93. The van der Waals surface area contributed by atoms with Gasteiger partial charge in [-0.1, -0.05) is 30.5 Å². The number of nitrogens with zero attached hydrogens (tertiary/aromatic N) is 2. The lowest BCUT2D eigenvalue weighted by atomic mass is 10.1. The van der Waals surface area contributed by atoms with E-state index in [2.05, 4.69) is 15.2 Å². The van der Waals surface area contributed by atoms with Crippen molar-refractivity contribution in [3.8, 4) is 11.5 Å². The first-order chi connectivity index (χ1) is 14.5. The number of aryl methyl sites for hydroxylation is 2. The molecule has 1 amide bonds. The molecule has 1 N–H and O–H groups in total. The van der Waals surface area contributed by atoms with Gasteiger partial charge in [-0.3, -0.25) is 9.00 Å². The summed E-state index contributed by atoms with van der Waals surface area (Å²) >= 11 is 0. The Morgan fingerprint density at radius 1 is 1.13 bits per heavy atom. The van der Waals surface area contributed by atoms with Crippen LogP contribution in [0, 0.1) is 13.8 Å². The predicted molar refractivity (Wildman–Crippen MR) is 121 cm³/mol. The van der Waals surface area contributed by atoms with Crippen molar-refractivity contribution in [1.82, 2.24) is 15.2 Å². The molecule has 1 aromatic heterocycles. The summed E-state index contributed by atoms with van der Waals surface area (Å²) in [5, 5.41) is 2.90. The first-order valence-corrected chi connectivity index (χ1v) is 12.4. The fourth-order valence-corrected chi connectivity index (χ4v) is 4.74. The highest BCUT2D eigenvalue weighted by molar-refractivity contribution is 7.84. The quantitative estimate of drug-likeness (QED) is 0.614. The molecule has 1 aliphatic rings. The summed E-state index contributed by atoms with van der Waals surface area (Å²) in [6.45, 7) is 7.83. The van der Waals surface area contributed by atoms with E-state index in [1.165, 1.54) is 44.3 Å². The molecule has 1 aromatic carbocycles. The lowest BCUT2D eigenvalue weighted by molar-refractivity contribution is -0.118. The van der Waals surface area contributed by atoms with Crippen LogP contribution in [0.5, 0.6) is 0 Å². The molecule has 0 aliphatic carbocycles. The number of benzene rings is 1. The first kappa shape index (κ1) is 22.7. The number of amides is 1. The molecule has 7 heteroatoms. The molecule has 0 unspecified atom stereocenters. The van der Waals surface area contributed by atoms with Gasteiger partial charge < -0.3 is 14.6 Å². The van der Waals surface area contributed by atoms with Gasteiger partial charge in [0.1, 0.15) is 11.5 Å². The van der Waals surface area contributed by atoms with Crippen LogP contribution in [0.25, 0.3) is 11.5 Å². The number of hydrogen-bond donors (Lipinski definition) is 1. The number of carbonyl (C=O) groups excluding carboxylic acids is 1. The van der Waals surface area contributed by atoms with Crippen molar-refractivity contribution in [2.24, 2.45) is 0 Å². The Balaban J connectivity index is 1.40. The molecule has 1 aliphatic heterocycles. The van der Waals surface area contributed by atoms with Gasteiger partial charge in [-0.15, -0.1) is 0 Å². The van der Waals surface area contributed by atoms with Crippen LogP contribution in [0.3, 0.4) is 0 Å². The average Bonchev–Trinajstić information content (AvgIpc) is 2.91. The van der Waals surface area contributed by atoms with E-state index >= 15 is 0 Å². The molecule has 0 radical (unpaired) electrons. The molecule has 30 heavy (non-hydrogen) atoms. The molecule has 2 heterocycles. The Bertz CT molecular complexity index is 840. The fraction of sp³-hybridized carbons (Fsp3) is 0.565. The van der Waals surface area contributed by atoms with Gasteiger partial charge in [-0.2, -0.15) is 0 Å². The Hall–Kier alpha value is -1.99. The summed E-state index contributed by atoms with van der Waals surface area (Å²) < 4.78 is 18.2. The van der Waals surface area contributed by atoms with Crippen molar-refractivity contribution in [2.45, 2.75) is 51.7 Å². The number of hydrogen-bond acceptors (Lipinski definition) is 5. The molecule has 3 rings (SSSR count). The van der Waals surface area contributed by atoms with Crippen LogP contribution < -0.4 is 5.32 Å². The Morgan fingerprint density at radius 3 is 2.53 bits per heavy atom. The summed E-state index contributed by atoms with van der Waals surface area (Å²) in [5.41, 5.74) is 2.71. The molecule has 1 fully saturated rings. The van der Waals surface area contributed by atoms with Gasteiger partial charge in [0.05, 0.1) is 11.4 Å². The maximum Gasteiger partial charge on any atom is 0.232 e. The van der Waals surface area contributed by atoms with E-state index in [0.29, 0.717) is 23.9 Å². The SMILES string of the molecule is Cc1ccc(-c2nc(C[S@](=O)CC(=O)NCCCN3CCCCCC3)c(C)o2)cc1. The number of carbonyl (C=O) groups is 1. The van der Waals surface area contributed by atoms with E-state index in [4.69, 9.17) is 4.42 Å². The lowest BCUT2D eigenvalue weighted by Crippen LogP contribution is -2.32. The van der Waals surface area contributed by atoms with E-state index in [9.17, 15) is 9.00 Å². The lowest BCUT2D eigenvalue weighted by Gasteiger charge is -2.19. The van der Waals surface area contributed by atoms with Crippen LogP contribution in [0.15, 0.2) is 28.7 Å². The topological polar surface area (TPSA) is 75.4 Å². The monoisotopic (exact) mass is 431 g/mol. The van der Waals surface area contributed by atoms with Crippen LogP contribution in [0.2, 0.25) is 0 Å². The molecule has 1 atom stereocenters. The Kier molecular flexibility index (Phi) is 8.63. The molecule has 0 bridgehead atoms. The van der Waals surface area contributed by atoms with Crippen LogP contribution in [0.4, 0.5) is 0 Å². The number of rotatable bonds is 9. The molecule has 0 spiro atoms. The molecule has 6 nitrogen and oxygen atoms in total. The number of aromatic nitrogens is 1. The molecular formula is C23H33N3O3S. The number of nitrogens with one attached hydrogen (secondary N) is 1. The average molecular weight is 432 g/mol. The van der Waals surface area contributed by atoms with Crippen molar-refractivity contribution in [3.63, 3.8) is 0 Å². The summed E-state index contributed by atoms with van der Waals surface area (Å²) in [6.07, 6.45) is 6.14.